The number of nitrogens with one attached hydrogen (secondary N) is 1. The van der Waals surface area contributed by atoms with Gasteiger partial charge in [-0.05, 0) is 30.0 Å². The minimum atomic E-state index is -1.52. The van der Waals surface area contributed by atoms with Crippen LogP contribution in [0.3, 0.4) is 0 Å². The summed E-state index contributed by atoms with van der Waals surface area (Å²) in [7, 11) is 0. The molecule has 1 aliphatic rings. The maximum Gasteiger partial charge on any atom is 0.238 e. The number of aromatic amines is 1. The standard InChI is InChI=1S/C23H34N2O7/c1-4-5-10-30-15-8-6-14(7-9-15)11-16-18(13(2)3)24-25-22(16)32-23-21(29)20(28)19(27)17(12-26)31-23/h6-9,13,17,19-21,23,26-29H,4-5,10-12H2,1-3H3,(H,24,25)/t17-,19-,20+,21-,23+/m1/s1. The lowest BCUT2D eigenvalue weighted by molar-refractivity contribution is -0.278. The third kappa shape index (κ3) is 5.60. The summed E-state index contributed by atoms with van der Waals surface area (Å²) < 4.78 is 17.0. The fourth-order valence-electron chi connectivity index (χ4n) is 3.62. The fourth-order valence-corrected chi connectivity index (χ4v) is 3.62. The van der Waals surface area contributed by atoms with Crippen molar-refractivity contribution in [2.24, 2.45) is 0 Å². The monoisotopic (exact) mass is 450 g/mol. The Labute approximate surface area is 188 Å². The third-order valence-electron chi connectivity index (χ3n) is 5.59. The first-order valence-corrected chi connectivity index (χ1v) is 11.1. The Kier molecular flexibility index (Phi) is 8.50. The Morgan fingerprint density at radius 3 is 2.44 bits per heavy atom. The van der Waals surface area contributed by atoms with Crippen LogP contribution < -0.4 is 9.47 Å². The van der Waals surface area contributed by atoms with E-state index in [0.29, 0.717) is 13.0 Å². The van der Waals surface area contributed by atoms with Crippen molar-refractivity contribution >= 4 is 0 Å². The topological polar surface area (TPSA) is 137 Å². The molecule has 0 amide bonds. The van der Waals surface area contributed by atoms with Gasteiger partial charge in [0.05, 0.1) is 13.2 Å². The molecule has 1 saturated heterocycles. The first-order chi connectivity index (χ1) is 15.3. The molecule has 0 radical (unpaired) electrons. The Bertz CT molecular complexity index is 837. The second-order valence-electron chi connectivity index (χ2n) is 8.41. The van der Waals surface area contributed by atoms with Crippen LogP contribution in [0, 0.1) is 0 Å². The van der Waals surface area contributed by atoms with E-state index in [0.717, 1.165) is 35.4 Å². The molecular formula is C23H34N2O7. The highest BCUT2D eigenvalue weighted by Gasteiger charge is 2.45. The maximum absolute atomic E-state index is 10.3. The molecular weight excluding hydrogens is 416 g/mol. The molecule has 1 fully saturated rings. The highest BCUT2D eigenvalue weighted by atomic mass is 16.7. The van der Waals surface area contributed by atoms with Gasteiger partial charge in [0.2, 0.25) is 12.2 Å². The Hall–Kier alpha value is -2.17. The van der Waals surface area contributed by atoms with Crippen molar-refractivity contribution in [2.75, 3.05) is 13.2 Å². The molecule has 2 aromatic rings. The molecule has 0 saturated carbocycles. The Morgan fingerprint density at radius 2 is 1.81 bits per heavy atom. The second-order valence-corrected chi connectivity index (χ2v) is 8.41. The number of aliphatic hydroxyl groups excluding tert-OH is 4. The SMILES string of the molecule is CCCCOc1ccc(Cc2c(O[C@@H]3O[C@H](CO)[C@@H](O)[C@H](O)[C@H]3O)n[nH]c2C(C)C)cc1. The minimum absolute atomic E-state index is 0.140. The van der Waals surface area contributed by atoms with Crippen molar-refractivity contribution in [1.82, 2.24) is 10.2 Å². The van der Waals surface area contributed by atoms with Gasteiger partial charge in [0.1, 0.15) is 30.2 Å². The zero-order valence-electron chi connectivity index (χ0n) is 18.8. The van der Waals surface area contributed by atoms with Crippen LogP contribution in [0.1, 0.15) is 56.4 Å². The zero-order valence-corrected chi connectivity index (χ0v) is 18.8. The molecule has 32 heavy (non-hydrogen) atoms. The van der Waals surface area contributed by atoms with Gasteiger partial charge in [-0.25, -0.2) is 0 Å². The molecule has 5 N–H and O–H groups in total. The second kappa shape index (κ2) is 11.1. The molecule has 9 heteroatoms. The van der Waals surface area contributed by atoms with Gasteiger partial charge in [-0.1, -0.05) is 39.3 Å². The number of hydrogen-bond donors (Lipinski definition) is 5. The van der Waals surface area contributed by atoms with E-state index < -0.39 is 37.3 Å². The molecule has 0 bridgehead atoms. The lowest BCUT2D eigenvalue weighted by Crippen LogP contribution is -2.60. The number of aromatic nitrogens is 2. The molecule has 1 aromatic heterocycles. The van der Waals surface area contributed by atoms with Gasteiger partial charge in [0.25, 0.3) is 0 Å². The molecule has 9 nitrogen and oxygen atoms in total. The average molecular weight is 451 g/mol. The van der Waals surface area contributed by atoms with Crippen molar-refractivity contribution in [1.29, 1.82) is 0 Å². The number of aliphatic hydroxyl groups is 4. The number of benzene rings is 1. The van der Waals surface area contributed by atoms with Crippen LogP contribution >= 0.6 is 0 Å². The quantitative estimate of drug-likeness (QED) is 0.343. The summed E-state index contributed by atoms with van der Waals surface area (Å²) in [6.45, 7) is 6.33. The molecule has 2 heterocycles. The van der Waals surface area contributed by atoms with E-state index in [1.165, 1.54) is 0 Å². The predicted molar refractivity (Wildman–Crippen MR) is 117 cm³/mol. The van der Waals surface area contributed by atoms with Crippen LogP contribution in [0.15, 0.2) is 24.3 Å². The van der Waals surface area contributed by atoms with Crippen LogP contribution in [-0.4, -0.2) is 74.5 Å². The van der Waals surface area contributed by atoms with Crippen LogP contribution in [0.4, 0.5) is 0 Å². The van der Waals surface area contributed by atoms with Crippen molar-refractivity contribution in [3.8, 4) is 11.6 Å². The third-order valence-corrected chi connectivity index (χ3v) is 5.59. The van der Waals surface area contributed by atoms with Crippen molar-refractivity contribution in [3.05, 3.63) is 41.1 Å². The minimum Gasteiger partial charge on any atom is -0.494 e. The number of ether oxygens (including phenoxy) is 3. The van der Waals surface area contributed by atoms with Gasteiger partial charge in [-0.15, -0.1) is 5.10 Å². The first-order valence-electron chi connectivity index (χ1n) is 11.1. The van der Waals surface area contributed by atoms with E-state index in [2.05, 4.69) is 17.1 Å². The largest absolute Gasteiger partial charge is 0.494 e. The van der Waals surface area contributed by atoms with E-state index in [9.17, 15) is 20.4 Å². The van der Waals surface area contributed by atoms with E-state index in [-0.39, 0.29) is 11.8 Å². The summed E-state index contributed by atoms with van der Waals surface area (Å²) >= 11 is 0. The van der Waals surface area contributed by atoms with Gasteiger partial charge < -0.3 is 34.6 Å². The highest BCUT2D eigenvalue weighted by Crippen LogP contribution is 2.31. The number of H-pyrrole nitrogens is 1. The van der Waals surface area contributed by atoms with Crippen molar-refractivity contribution in [3.63, 3.8) is 0 Å². The summed E-state index contributed by atoms with van der Waals surface area (Å²) in [4.78, 5) is 0. The van der Waals surface area contributed by atoms with Crippen LogP contribution in [0.5, 0.6) is 11.6 Å². The molecule has 3 rings (SSSR count). The Balaban J connectivity index is 1.77. The molecule has 178 valence electrons. The molecule has 0 spiro atoms. The Morgan fingerprint density at radius 1 is 1.09 bits per heavy atom. The van der Waals surface area contributed by atoms with Crippen molar-refractivity contribution in [2.45, 2.75) is 76.7 Å². The van der Waals surface area contributed by atoms with Crippen LogP contribution in [-0.2, 0) is 11.2 Å². The summed E-state index contributed by atoms with van der Waals surface area (Å²) in [5.41, 5.74) is 2.71. The van der Waals surface area contributed by atoms with Gasteiger partial charge >= 0.3 is 0 Å². The number of rotatable bonds is 10. The lowest BCUT2D eigenvalue weighted by Gasteiger charge is -2.39. The predicted octanol–water partition coefficient (Wildman–Crippen LogP) is 1.48. The number of unbranched alkanes of at least 4 members (excludes halogenated alkanes) is 1. The van der Waals surface area contributed by atoms with Gasteiger partial charge in [-0.3, -0.25) is 5.10 Å². The molecule has 1 aliphatic heterocycles. The number of nitrogens with zero attached hydrogens (tertiary/aromatic N) is 1. The average Bonchev–Trinajstić information content (AvgIpc) is 3.17. The molecule has 0 aliphatic carbocycles. The maximum atomic E-state index is 10.3. The summed E-state index contributed by atoms with van der Waals surface area (Å²) in [5.74, 6) is 1.19. The van der Waals surface area contributed by atoms with Crippen LogP contribution in [0.2, 0.25) is 0 Å². The highest BCUT2D eigenvalue weighted by molar-refractivity contribution is 5.39. The van der Waals surface area contributed by atoms with Crippen LogP contribution in [0.25, 0.3) is 0 Å². The molecule has 0 unspecified atom stereocenters. The normalized spacial score (nSPS) is 25.8. The smallest absolute Gasteiger partial charge is 0.238 e. The zero-order chi connectivity index (χ0) is 23.3. The van der Waals surface area contributed by atoms with E-state index >= 15 is 0 Å². The number of hydrogen-bond acceptors (Lipinski definition) is 8. The van der Waals surface area contributed by atoms with Crippen molar-refractivity contribution < 1.29 is 34.6 Å². The molecule has 5 atom stereocenters. The summed E-state index contributed by atoms with van der Waals surface area (Å²) in [6.07, 6.45) is -4.20. The van der Waals surface area contributed by atoms with Gasteiger partial charge in [-0.2, -0.15) is 0 Å². The first kappa shape index (κ1) is 24.5. The fraction of sp³-hybridized carbons (Fsp3) is 0.609. The van der Waals surface area contributed by atoms with E-state index in [1.807, 2.05) is 38.1 Å². The van der Waals surface area contributed by atoms with E-state index in [1.54, 1.807) is 0 Å². The van der Waals surface area contributed by atoms with Gasteiger partial charge in [0, 0.05) is 17.7 Å². The van der Waals surface area contributed by atoms with Gasteiger partial charge in [0.15, 0.2) is 0 Å². The lowest BCUT2D eigenvalue weighted by atomic mass is 9.98. The van der Waals surface area contributed by atoms with E-state index in [4.69, 9.17) is 14.2 Å². The summed E-state index contributed by atoms with van der Waals surface area (Å²) in [5, 5.41) is 47.0. The summed E-state index contributed by atoms with van der Waals surface area (Å²) in [6, 6.07) is 7.82. The molecule has 1 aromatic carbocycles.